The summed E-state index contributed by atoms with van der Waals surface area (Å²) in [6.07, 6.45) is 2.57. The summed E-state index contributed by atoms with van der Waals surface area (Å²) >= 11 is 0. The highest BCUT2D eigenvalue weighted by Gasteiger charge is 2.32. The zero-order chi connectivity index (χ0) is 16.4. The summed E-state index contributed by atoms with van der Waals surface area (Å²) in [4.78, 5) is 18.9. The minimum Gasteiger partial charge on any atom is -0.481 e. The van der Waals surface area contributed by atoms with Crippen molar-refractivity contribution < 1.29 is 9.53 Å². The molecule has 0 saturated carbocycles. The number of hydrogen-bond acceptors (Lipinski definition) is 4. The SMILES string of the molecule is COc1ccc(N[C@@H](C)C(=O)N2c3ccccc3C[C@H]2C)cn1. The van der Waals surface area contributed by atoms with E-state index in [-0.39, 0.29) is 18.0 Å². The molecule has 0 spiro atoms. The molecule has 0 bridgehead atoms. The summed E-state index contributed by atoms with van der Waals surface area (Å²) in [6, 6.07) is 11.6. The smallest absolute Gasteiger partial charge is 0.249 e. The van der Waals surface area contributed by atoms with Gasteiger partial charge in [0.15, 0.2) is 0 Å². The van der Waals surface area contributed by atoms with Crippen LogP contribution in [0.1, 0.15) is 19.4 Å². The van der Waals surface area contributed by atoms with E-state index >= 15 is 0 Å². The van der Waals surface area contributed by atoms with Crippen LogP contribution in [-0.4, -0.2) is 30.1 Å². The molecule has 1 N–H and O–H groups in total. The zero-order valence-corrected chi connectivity index (χ0v) is 13.6. The Labute approximate surface area is 136 Å². The van der Waals surface area contributed by atoms with E-state index in [9.17, 15) is 4.79 Å². The molecule has 2 aromatic rings. The van der Waals surface area contributed by atoms with E-state index in [1.807, 2.05) is 36.1 Å². The number of benzene rings is 1. The predicted molar refractivity (Wildman–Crippen MR) is 91.0 cm³/mol. The van der Waals surface area contributed by atoms with Gasteiger partial charge in [-0.15, -0.1) is 0 Å². The molecule has 2 heterocycles. The minimum absolute atomic E-state index is 0.0678. The van der Waals surface area contributed by atoms with Crippen molar-refractivity contribution in [2.45, 2.75) is 32.4 Å². The summed E-state index contributed by atoms with van der Waals surface area (Å²) in [5.74, 6) is 0.620. The van der Waals surface area contributed by atoms with Gasteiger partial charge in [-0.25, -0.2) is 4.98 Å². The molecule has 1 aliphatic heterocycles. The number of nitrogens with one attached hydrogen (secondary N) is 1. The number of aromatic nitrogens is 1. The normalized spacial score (nSPS) is 17.5. The molecule has 1 aromatic heterocycles. The van der Waals surface area contributed by atoms with Crippen LogP contribution >= 0.6 is 0 Å². The second-order valence-corrected chi connectivity index (χ2v) is 5.85. The lowest BCUT2D eigenvalue weighted by molar-refractivity contribution is -0.119. The highest BCUT2D eigenvalue weighted by molar-refractivity contribution is 6.00. The second-order valence-electron chi connectivity index (χ2n) is 5.85. The van der Waals surface area contributed by atoms with Crippen LogP contribution in [-0.2, 0) is 11.2 Å². The first-order chi connectivity index (χ1) is 11.1. The lowest BCUT2D eigenvalue weighted by Crippen LogP contribution is -2.44. The fraction of sp³-hybridized carbons (Fsp3) is 0.333. The van der Waals surface area contributed by atoms with Crippen molar-refractivity contribution in [3.8, 4) is 5.88 Å². The topological polar surface area (TPSA) is 54.5 Å². The van der Waals surface area contributed by atoms with Crippen LogP contribution in [0.25, 0.3) is 0 Å². The van der Waals surface area contributed by atoms with E-state index in [2.05, 4.69) is 23.3 Å². The average molecular weight is 311 g/mol. The molecule has 23 heavy (non-hydrogen) atoms. The van der Waals surface area contributed by atoms with Crippen molar-refractivity contribution in [2.24, 2.45) is 0 Å². The molecule has 0 saturated heterocycles. The maximum atomic E-state index is 12.9. The summed E-state index contributed by atoms with van der Waals surface area (Å²) < 4.78 is 5.04. The fourth-order valence-electron chi connectivity index (χ4n) is 3.01. The Bertz CT molecular complexity index is 700. The van der Waals surface area contributed by atoms with Gasteiger partial charge in [0.1, 0.15) is 6.04 Å². The number of amides is 1. The van der Waals surface area contributed by atoms with Crippen molar-refractivity contribution in [2.75, 3.05) is 17.3 Å². The molecular formula is C18H21N3O2. The number of pyridine rings is 1. The number of carbonyl (C=O) groups is 1. The third-order valence-corrected chi connectivity index (χ3v) is 4.14. The Balaban J connectivity index is 1.74. The van der Waals surface area contributed by atoms with Crippen molar-refractivity contribution in [3.05, 3.63) is 48.2 Å². The van der Waals surface area contributed by atoms with Gasteiger partial charge < -0.3 is 15.0 Å². The summed E-state index contributed by atoms with van der Waals surface area (Å²) in [5.41, 5.74) is 3.05. The Hall–Kier alpha value is -2.56. The van der Waals surface area contributed by atoms with Crippen molar-refractivity contribution >= 4 is 17.3 Å². The van der Waals surface area contributed by atoms with Gasteiger partial charge in [0, 0.05) is 17.8 Å². The average Bonchev–Trinajstić information content (AvgIpc) is 2.90. The van der Waals surface area contributed by atoms with E-state index in [4.69, 9.17) is 4.74 Å². The van der Waals surface area contributed by atoms with Crippen LogP contribution in [0.4, 0.5) is 11.4 Å². The highest BCUT2D eigenvalue weighted by Crippen LogP contribution is 2.32. The van der Waals surface area contributed by atoms with E-state index in [0.29, 0.717) is 5.88 Å². The quantitative estimate of drug-likeness (QED) is 0.943. The molecule has 1 aliphatic rings. The zero-order valence-electron chi connectivity index (χ0n) is 13.6. The monoisotopic (exact) mass is 311 g/mol. The molecule has 1 amide bonds. The Morgan fingerprint density at radius 2 is 2.13 bits per heavy atom. The minimum atomic E-state index is -0.334. The Morgan fingerprint density at radius 1 is 1.35 bits per heavy atom. The summed E-state index contributed by atoms with van der Waals surface area (Å²) in [5, 5.41) is 3.21. The Kier molecular flexibility index (Phi) is 4.19. The molecule has 1 aromatic carbocycles. The van der Waals surface area contributed by atoms with E-state index in [1.165, 1.54) is 5.56 Å². The number of anilines is 2. The van der Waals surface area contributed by atoms with E-state index in [1.54, 1.807) is 19.4 Å². The largest absolute Gasteiger partial charge is 0.481 e. The second kappa shape index (κ2) is 6.28. The standard InChI is InChI=1S/C18H21N3O2/c1-12-10-14-6-4-5-7-16(14)21(12)18(22)13(2)20-15-8-9-17(23-3)19-11-15/h4-9,11-13,20H,10H2,1-3H3/t12-,13+/m1/s1. The number of methoxy groups -OCH3 is 1. The maximum absolute atomic E-state index is 12.9. The first-order valence-corrected chi connectivity index (χ1v) is 7.77. The lowest BCUT2D eigenvalue weighted by atomic mass is 10.1. The molecule has 0 aliphatic carbocycles. The molecule has 120 valence electrons. The fourth-order valence-corrected chi connectivity index (χ4v) is 3.01. The summed E-state index contributed by atoms with van der Waals surface area (Å²) in [7, 11) is 1.58. The van der Waals surface area contributed by atoms with Crippen molar-refractivity contribution in [1.82, 2.24) is 4.98 Å². The number of hydrogen-bond donors (Lipinski definition) is 1. The van der Waals surface area contributed by atoms with Gasteiger partial charge >= 0.3 is 0 Å². The summed E-state index contributed by atoms with van der Waals surface area (Å²) in [6.45, 7) is 3.96. The number of fused-ring (bicyclic) bond motifs is 1. The van der Waals surface area contributed by atoms with Crippen LogP contribution < -0.4 is 15.0 Å². The highest BCUT2D eigenvalue weighted by atomic mass is 16.5. The Morgan fingerprint density at radius 3 is 2.83 bits per heavy atom. The van der Waals surface area contributed by atoms with Crippen LogP contribution in [0.3, 0.4) is 0 Å². The van der Waals surface area contributed by atoms with E-state index < -0.39 is 0 Å². The van der Waals surface area contributed by atoms with Crippen LogP contribution in [0.2, 0.25) is 0 Å². The van der Waals surface area contributed by atoms with Gasteiger partial charge in [0.05, 0.1) is 19.0 Å². The molecule has 0 unspecified atom stereocenters. The lowest BCUT2D eigenvalue weighted by Gasteiger charge is -2.27. The predicted octanol–water partition coefficient (Wildman–Crippen LogP) is 2.87. The number of rotatable bonds is 4. The molecule has 3 rings (SSSR count). The van der Waals surface area contributed by atoms with Gasteiger partial charge in [-0.05, 0) is 38.0 Å². The van der Waals surface area contributed by atoms with Crippen molar-refractivity contribution in [1.29, 1.82) is 0 Å². The van der Waals surface area contributed by atoms with Gasteiger partial charge in [-0.2, -0.15) is 0 Å². The molecule has 2 atom stereocenters. The number of ether oxygens (including phenoxy) is 1. The third-order valence-electron chi connectivity index (χ3n) is 4.14. The third kappa shape index (κ3) is 2.99. The van der Waals surface area contributed by atoms with Gasteiger partial charge in [0.25, 0.3) is 0 Å². The number of para-hydroxylation sites is 1. The van der Waals surface area contributed by atoms with E-state index in [0.717, 1.165) is 17.8 Å². The number of nitrogens with zero attached hydrogens (tertiary/aromatic N) is 2. The van der Waals surface area contributed by atoms with Crippen LogP contribution in [0, 0.1) is 0 Å². The first kappa shape index (κ1) is 15.3. The first-order valence-electron chi connectivity index (χ1n) is 7.77. The maximum Gasteiger partial charge on any atom is 0.249 e. The number of carbonyl (C=O) groups excluding carboxylic acids is 1. The van der Waals surface area contributed by atoms with Crippen LogP contribution in [0.15, 0.2) is 42.6 Å². The molecule has 5 nitrogen and oxygen atoms in total. The molecule has 5 heteroatoms. The van der Waals surface area contributed by atoms with Gasteiger partial charge in [0.2, 0.25) is 11.8 Å². The molecule has 0 fully saturated rings. The van der Waals surface area contributed by atoms with Gasteiger partial charge in [-0.1, -0.05) is 18.2 Å². The van der Waals surface area contributed by atoms with Gasteiger partial charge in [-0.3, -0.25) is 4.79 Å². The van der Waals surface area contributed by atoms with Crippen LogP contribution in [0.5, 0.6) is 5.88 Å². The van der Waals surface area contributed by atoms with Crippen molar-refractivity contribution in [3.63, 3.8) is 0 Å². The molecular weight excluding hydrogens is 290 g/mol. The molecule has 0 radical (unpaired) electrons.